The van der Waals surface area contributed by atoms with Gasteiger partial charge in [-0.05, 0) is 61.0 Å². The molecular weight excluding hydrogens is 524 g/mol. The van der Waals surface area contributed by atoms with E-state index in [9.17, 15) is 9.59 Å². The maximum atomic E-state index is 13.1. The van der Waals surface area contributed by atoms with Crippen molar-refractivity contribution >= 4 is 44.6 Å². The van der Waals surface area contributed by atoms with Crippen molar-refractivity contribution < 1.29 is 14.3 Å². The van der Waals surface area contributed by atoms with Crippen LogP contribution in [0.4, 0.5) is 5.69 Å². The molecule has 1 amide bonds. The van der Waals surface area contributed by atoms with E-state index in [0.29, 0.717) is 45.9 Å². The monoisotopic (exact) mass is 548 g/mol. The average Bonchev–Trinajstić information content (AvgIpc) is 2.88. The molecule has 0 saturated carbocycles. The number of methoxy groups -OCH3 is 1. The number of benzene rings is 3. The summed E-state index contributed by atoms with van der Waals surface area (Å²) in [5.74, 6) is 1.12. The molecule has 0 aliphatic carbocycles. The van der Waals surface area contributed by atoms with Crippen molar-refractivity contribution in [3.63, 3.8) is 0 Å². The van der Waals surface area contributed by atoms with Gasteiger partial charge in [0.1, 0.15) is 5.82 Å². The first-order valence-electron chi connectivity index (χ1n) is 11.3. The quantitative estimate of drug-likeness (QED) is 0.315. The first kappa shape index (κ1) is 25.1. The minimum absolute atomic E-state index is 0.175. The van der Waals surface area contributed by atoms with E-state index in [0.717, 1.165) is 10.0 Å². The number of halogens is 1. The highest BCUT2D eigenvalue weighted by molar-refractivity contribution is 9.10. The van der Waals surface area contributed by atoms with Crippen LogP contribution in [0.3, 0.4) is 0 Å². The predicted octanol–water partition coefficient (Wildman–Crippen LogP) is 4.94. The molecule has 0 saturated heterocycles. The van der Waals surface area contributed by atoms with Gasteiger partial charge in [0.05, 0.1) is 24.2 Å². The van der Waals surface area contributed by atoms with Crippen molar-refractivity contribution in [3.05, 3.63) is 92.4 Å². The molecule has 184 valence electrons. The van der Waals surface area contributed by atoms with Crippen LogP contribution in [0.25, 0.3) is 10.9 Å². The lowest BCUT2D eigenvalue weighted by molar-refractivity contribution is -0.118. The number of nitrogens with one attached hydrogen (secondary N) is 1. The normalized spacial score (nSPS) is 11.1. The van der Waals surface area contributed by atoms with Gasteiger partial charge in [0, 0.05) is 16.6 Å². The Kier molecular flexibility index (Phi) is 7.80. The Morgan fingerprint density at radius 3 is 2.61 bits per heavy atom. The second-order valence-corrected chi connectivity index (χ2v) is 8.93. The van der Waals surface area contributed by atoms with E-state index in [-0.39, 0.29) is 18.1 Å². The van der Waals surface area contributed by atoms with Gasteiger partial charge < -0.3 is 14.8 Å². The molecular formula is C27H25BrN4O4. The molecule has 3 aromatic carbocycles. The van der Waals surface area contributed by atoms with Crippen LogP contribution < -0.4 is 20.3 Å². The van der Waals surface area contributed by atoms with Crippen molar-refractivity contribution in [1.29, 1.82) is 0 Å². The van der Waals surface area contributed by atoms with E-state index >= 15 is 0 Å². The minimum Gasteiger partial charge on any atom is -0.493 e. The van der Waals surface area contributed by atoms with Gasteiger partial charge in [-0.25, -0.2) is 4.98 Å². The summed E-state index contributed by atoms with van der Waals surface area (Å²) in [5.41, 5.74) is 2.87. The fourth-order valence-electron chi connectivity index (χ4n) is 3.53. The van der Waals surface area contributed by atoms with Crippen molar-refractivity contribution in [2.24, 2.45) is 5.10 Å². The van der Waals surface area contributed by atoms with Gasteiger partial charge >= 0.3 is 0 Å². The number of hydrogen-bond acceptors (Lipinski definition) is 6. The lowest BCUT2D eigenvalue weighted by atomic mass is 10.2. The topological polar surface area (TPSA) is 94.8 Å². The molecule has 1 N–H and O–H groups in total. The number of fused-ring (bicyclic) bond motifs is 1. The van der Waals surface area contributed by atoms with Crippen LogP contribution in [0.2, 0.25) is 0 Å². The van der Waals surface area contributed by atoms with Crippen LogP contribution in [0.5, 0.6) is 11.5 Å². The van der Waals surface area contributed by atoms with Crippen LogP contribution in [0.1, 0.15) is 23.9 Å². The highest BCUT2D eigenvalue weighted by atomic mass is 79.9. The SMILES string of the molecule is CCc1nc2ccc(Br)cc2c(=O)n1N=Cc1ccc(OCC(=O)Nc2ccc(C)cc2)c(OC)c1. The van der Waals surface area contributed by atoms with Gasteiger partial charge in [0.15, 0.2) is 18.1 Å². The highest BCUT2D eigenvalue weighted by Gasteiger charge is 2.11. The van der Waals surface area contributed by atoms with Crippen molar-refractivity contribution in [3.8, 4) is 11.5 Å². The van der Waals surface area contributed by atoms with Gasteiger partial charge in [0.25, 0.3) is 11.5 Å². The Balaban J connectivity index is 1.51. The standard InChI is InChI=1S/C27H25BrN4O4/c1-4-25-31-22-11-8-19(28)14-21(22)27(34)32(25)29-15-18-7-12-23(24(13-18)35-3)36-16-26(33)30-20-9-5-17(2)6-10-20/h5-15H,4,16H2,1-3H3,(H,30,33). The Hall–Kier alpha value is -3.98. The molecule has 4 aromatic rings. The number of nitrogens with zero attached hydrogens (tertiary/aromatic N) is 3. The molecule has 0 aliphatic heterocycles. The van der Waals surface area contributed by atoms with E-state index in [1.165, 1.54) is 11.8 Å². The van der Waals surface area contributed by atoms with Crippen LogP contribution in [0.15, 0.2) is 75.0 Å². The third kappa shape index (κ3) is 5.80. The molecule has 0 atom stereocenters. The molecule has 0 aliphatic rings. The lowest BCUT2D eigenvalue weighted by Crippen LogP contribution is -2.22. The molecule has 0 fully saturated rings. The summed E-state index contributed by atoms with van der Waals surface area (Å²) >= 11 is 3.40. The largest absolute Gasteiger partial charge is 0.493 e. The number of ether oxygens (including phenoxy) is 2. The van der Waals surface area contributed by atoms with Crippen molar-refractivity contribution in [2.75, 3.05) is 19.0 Å². The van der Waals surface area contributed by atoms with Gasteiger partial charge in [-0.1, -0.05) is 40.5 Å². The maximum Gasteiger partial charge on any atom is 0.282 e. The summed E-state index contributed by atoms with van der Waals surface area (Å²) in [5, 5.41) is 7.67. The molecule has 36 heavy (non-hydrogen) atoms. The zero-order valence-corrected chi connectivity index (χ0v) is 21.7. The summed E-state index contributed by atoms with van der Waals surface area (Å²) in [7, 11) is 1.51. The lowest BCUT2D eigenvalue weighted by Gasteiger charge is -2.12. The number of carbonyl (C=O) groups is 1. The maximum absolute atomic E-state index is 13.1. The van der Waals surface area contributed by atoms with Crippen LogP contribution >= 0.6 is 15.9 Å². The smallest absolute Gasteiger partial charge is 0.282 e. The molecule has 0 unspecified atom stereocenters. The Bertz CT molecular complexity index is 1500. The zero-order valence-electron chi connectivity index (χ0n) is 20.1. The Labute approximate surface area is 216 Å². The molecule has 0 spiro atoms. The van der Waals surface area contributed by atoms with Crippen LogP contribution in [-0.2, 0) is 11.2 Å². The summed E-state index contributed by atoms with van der Waals surface area (Å²) in [6.45, 7) is 3.72. The van der Waals surface area contributed by atoms with Gasteiger partial charge in [-0.15, -0.1) is 0 Å². The number of rotatable bonds is 8. The molecule has 1 heterocycles. The fourth-order valence-corrected chi connectivity index (χ4v) is 3.89. The van der Waals surface area contributed by atoms with Crippen molar-refractivity contribution in [1.82, 2.24) is 9.66 Å². The molecule has 1 aromatic heterocycles. The number of amides is 1. The van der Waals surface area contributed by atoms with E-state index in [1.54, 1.807) is 36.5 Å². The number of hydrogen-bond donors (Lipinski definition) is 1. The number of aromatic nitrogens is 2. The first-order chi connectivity index (χ1) is 17.4. The Morgan fingerprint density at radius 2 is 1.89 bits per heavy atom. The fraction of sp³-hybridized carbons (Fsp3) is 0.185. The van der Waals surface area contributed by atoms with Gasteiger partial charge in [-0.2, -0.15) is 9.78 Å². The summed E-state index contributed by atoms with van der Waals surface area (Å²) in [6.07, 6.45) is 2.10. The van der Waals surface area contributed by atoms with Gasteiger partial charge in [-0.3, -0.25) is 9.59 Å². The third-order valence-electron chi connectivity index (χ3n) is 5.40. The summed E-state index contributed by atoms with van der Waals surface area (Å²) in [6, 6.07) is 18.1. The molecule has 9 heteroatoms. The van der Waals surface area contributed by atoms with Crippen LogP contribution in [-0.4, -0.2) is 35.5 Å². The first-order valence-corrected chi connectivity index (χ1v) is 12.1. The highest BCUT2D eigenvalue weighted by Crippen LogP contribution is 2.27. The van der Waals surface area contributed by atoms with Crippen LogP contribution in [0, 0.1) is 6.92 Å². The average molecular weight is 549 g/mol. The van der Waals surface area contributed by atoms with E-state index < -0.39 is 0 Å². The second kappa shape index (κ2) is 11.2. The van der Waals surface area contributed by atoms with Crippen molar-refractivity contribution in [2.45, 2.75) is 20.3 Å². The number of anilines is 1. The van der Waals surface area contributed by atoms with Gasteiger partial charge in [0.2, 0.25) is 0 Å². The molecule has 0 bridgehead atoms. The number of aryl methyl sites for hydroxylation is 2. The third-order valence-corrected chi connectivity index (χ3v) is 5.89. The summed E-state index contributed by atoms with van der Waals surface area (Å²) in [4.78, 5) is 29.9. The van der Waals surface area contributed by atoms with E-state index in [2.05, 4.69) is 31.3 Å². The predicted molar refractivity (Wildman–Crippen MR) is 144 cm³/mol. The molecule has 0 radical (unpaired) electrons. The molecule has 4 rings (SSSR count). The minimum atomic E-state index is -0.284. The van der Waals surface area contributed by atoms with E-state index in [1.807, 2.05) is 44.2 Å². The van der Waals surface area contributed by atoms with E-state index in [4.69, 9.17) is 9.47 Å². The summed E-state index contributed by atoms with van der Waals surface area (Å²) < 4.78 is 13.2. The zero-order chi connectivity index (χ0) is 25.7. The Morgan fingerprint density at radius 1 is 1.11 bits per heavy atom. The second-order valence-electron chi connectivity index (χ2n) is 8.02. The molecule has 8 nitrogen and oxygen atoms in total. The number of carbonyl (C=O) groups excluding carboxylic acids is 1.